The summed E-state index contributed by atoms with van der Waals surface area (Å²) in [6.45, 7) is 13.3. The van der Waals surface area contributed by atoms with Gasteiger partial charge < -0.3 is 9.84 Å². The highest BCUT2D eigenvalue weighted by molar-refractivity contribution is 8.03. The lowest BCUT2D eigenvalue weighted by atomic mass is 9.92. The van der Waals surface area contributed by atoms with E-state index in [2.05, 4.69) is 6.58 Å². The molecule has 1 unspecified atom stereocenters. The molecule has 1 fully saturated rings. The Bertz CT molecular complexity index is 517. The number of hydrogen-bond donors (Lipinski definition) is 1. The van der Waals surface area contributed by atoms with Gasteiger partial charge in [-0.05, 0) is 48.4 Å². The van der Waals surface area contributed by atoms with Crippen molar-refractivity contribution in [3.05, 3.63) is 40.3 Å². The minimum atomic E-state index is -0.885. The summed E-state index contributed by atoms with van der Waals surface area (Å²) in [5.41, 5.74) is 2.59. The van der Waals surface area contributed by atoms with Crippen LogP contribution in [0.2, 0.25) is 0 Å². The first-order chi connectivity index (χ1) is 9.99. The minimum Gasteiger partial charge on any atom is -0.478 e. The average molecular weight is 308 g/mol. The molecule has 1 aromatic carbocycles. The highest BCUT2D eigenvalue weighted by Gasteiger charge is 2.22. The SMILES string of the molecule is C=C(C)Sc1cc(C(=O)O)cc(C2CCOC2)c1C.CC. The summed E-state index contributed by atoms with van der Waals surface area (Å²) in [5, 5.41) is 9.24. The summed E-state index contributed by atoms with van der Waals surface area (Å²) in [6.07, 6.45) is 0.959. The van der Waals surface area contributed by atoms with Gasteiger partial charge in [-0.1, -0.05) is 32.2 Å². The maximum Gasteiger partial charge on any atom is 0.335 e. The summed E-state index contributed by atoms with van der Waals surface area (Å²) in [5.74, 6) is -0.576. The standard InChI is InChI=1S/C15H18O3S.C2H6/c1-9(2)19-14-7-12(15(16)17)6-13(10(14)3)11-4-5-18-8-11;1-2/h6-7,11H,1,4-5,8H2,2-3H3,(H,16,17);1-2H3. The summed E-state index contributed by atoms with van der Waals surface area (Å²) < 4.78 is 5.42. The molecule has 4 heteroatoms. The molecule has 1 atom stereocenters. The van der Waals surface area contributed by atoms with Crippen molar-refractivity contribution in [2.45, 2.75) is 44.9 Å². The number of carbonyl (C=O) groups is 1. The molecule has 0 radical (unpaired) electrons. The summed E-state index contributed by atoms with van der Waals surface area (Å²) in [7, 11) is 0. The molecule has 0 spiro atoms. The zero-order chi connectivity index (χ0) is 16.0. The van der Waals surface area contributed by atoms with Crippen LogP contribution in [-0.4, -0.2) is 24.3 Å². The molecule has 1 aliphatic heterocycles. The first-order valence-corrected chi connectivity index (χ1v) is 8.09. The van der Waals surface area contributed by atoms with Crippen molar-refractivity contribution in [1.82, 2.24) is 0 Å². The normalized spacial score (nSPS) is 17.0. The van der Waals surface area contributed by atoms with Gasteiger partial charge in [0.25, 0.3) is 0 Å². The van der Waals surface area contributed by atoms with Gasteiger partial charge >= 0.3 is 5.97 Å². The van der Waals surface area contributed by atoms with E-state index in [1.165, 1.54) is 11.8 Å². The van der Waals surface area contributed by atoms with Crippen LogP contribution in [0.5, 0.6) is 0 Å². The molecule has 1 heterocycles. The van der Waals surface area contributed by atoms with Crippen molar-refractivity contribution >= 4 is 17.7 Å². The van der Waals surface area contributed by atoms with E-state index in [1.807, 2.05) is 27.7 Å². The van der Waals surface area contributed by atoms with Crippen LogP contribution in [-0.2, 0) is 4.74 Å². The molecular formula is C17H24O3S. The molecular weight excluding hydrogens is 284 g/mol. The Morgan fingerprint density at radius 2 is 2.10 bits per heavy atom. The summed E-state index contributed by atoms with van der Waals surface area (Å²) >= 11 is 1.53. The predicted octanol–water partition coefficient (Wildman–Crippen LogP) is 4.85. The van der Waals surface area contributed by atoms with Crippen LogP contribution >= 0.6 is 11.8 Å². The zero-order valence-corrected chi connectivity index (χ0v) is 14.0. The summed E-state index contributed by atoms with van der Waals surface area (Å²) in [4.78, 5) is 13.2. The van der Waals surface area contributed by atoms with Gasteiger partial charge in [-0.15, -0.1) is 0 Å². The second kappa shape index (κ2) is 8.25. The molecule has 2 rings (SSSR count). The fourth-order valence-corrected chi connectivity index (χ4v) is 3.16. The lowest BCUT2D eigenvalue weighted by molar-refractivity contribution is 0.0696. The molecule has 1 aromatic rings. The fraction of sp³-hybridized carbons (Fsp3) is 0.471. The molecule has 0 aliphatic carbocycles. The number of thioether (sulfide) groups is 1. The molecule has 1 aliphatic rings. The van der Waals surface area contributed by atoms with E-state index in [0.717, 1.165) is 34.0 Å². The topological polar surface area (TPSA) is 46.5 Å². The van der Waals surface area contributed by atoms with E-state index in [1.54, 1.807) is 12.1 Å². The second-order valence-electron chi connectivity index (χ2n) is 4.86. The highest BCUT2D eigenvalue weighted by atomic mass is 32.2. The maximum absolute atomic E-state index is 11.3. The Labute approximate surface area is 131 Å². The fourth-order valence-electron chi connectivity index (χ4n) is 2.33. The van der Waals surface area contributed by atoms with Gasteiger partial charge in [-0.2, -0.15) is 0 Å². The number of benzene rings is 1. The number of aromatic carboxylic acids is 1. The number of allylic oxidation sites excluding steroid dienone is 1. The van der Waals surface area contributed by atoms with Gasteiger partial charge in [-0.25, -0.2) is 4.79 Å². The van der Waals surface area contributed by atoms with E-state index >= 15 is 0 Å². The van der Waals surface area contributed by atoms with Gasteiger partial charge in [0.2, 0.25) is 0 Å². The molecule has 0 bridgehead atoms. The van der Waals surface area contributed by atoms with Crippen molar-refractivity contribution in [2.75, 3.05) is 13.2 Å². The number of rotatable bonds is 4. The van der Waals surface area contributed by atoms with E-state index in [-0.39, 0.29) is 0 Å². The van der Waals surface area contributed by atoms with Crippen molar-refractivity contribution < 1.29 is 14.6 Å². The minimum absolute atomic E-state index is 0.309. The van der Waals surface area contributed by atoms with Crippen LogP contribution in [0.4, 0.5) is 0 Å². The van der Waals surface area contributed by atoms with Crippen LogP contribution in [0, 0.1) is 6.92 Å². The van der Waals surface area contributed by atoms with Gasteiger partial charge in [0.05, 0.1) is 12.2 Å². The molecule has 0 aromatic heterocycles. The van der Waals surface area contributed by atoms with E-state index in [4.69, 9.17) is 4.74 Å². The smallest absolute Gasteiger partial charge is 0.335 e. The number of carboxylic acids is 1. The van der Waals surface area contributed by atoms with Crippen LogP contribution in [0.3, 0.4) is 0 Å². The Morgan fingerprint density at radius 3 is 2.57 bits per heavy atom. The monoisotopic (exact) mass is 308 g/mol. The van der Waals surface area contributed by atoms with Crippen LogP contribution < -0.4 is 0 Å². The molecule has 116 valence electrons. The molecule has 0 amide bonds. The lowest BCUT2D eigenvalue weighted by Gasteiger charge is -2.16. The second-order valence-corrected chi connectivity index (χ2v) is 6.20. The third-order valence-corrected chi connectivity index (χ3v) is 4.29. The number of ether oxygens (including phenoxy) is 1. The Kier molecular flexibility index (Phi) is 6.99. The molecule has 1 saturated heterocycles. The van der Waals surface area contributed by atoms with Crippen LogP contribution in [0.1, 0.15) is 54.6 Å². The van der Waals surface area contributed by atoms with Gasteiger partial charge in [0.1, 0.15) is 0 Å². The molecule has 21 heavy (non-hydrogen) atoms. The highest BCUT2D eigenvalue weighted by Crippen LogP contribution is 2.36. The molecule has 0 saturated carbocycles. The largest absolute Gasteiger partial charge is 0.478 e. The van der Waals surface area contributed by atoms with Crippen LogP contribution in [0.15, 0.2) is 28.5 Å². The maximum atomic E-state index is 11.3. The lowest BCUT2D eigenvalue weighted by Crippen LogP contribution is -2.06. The van der Waals surface area contributed by atoms with E-state index < -0.39 is 5.97 Å². The third-order valence-electron chi connectivity index (χ3n) is 3.30. The molecule has 3 nitrogen and oxygen atoms in total. The van der Waals surface area contributed by atoms with Gasteiger partial charge in [0, 0.05) is 17.4 Å². The van der Waals surface area contributed by atoms with Crippen LogP contribution in [0.25, 0.3) is 0 Å². The third kappa shape index (κ3) is 4.61. The van der Waals surface area contributed by atoms with Crippen molar-refractivity contribution in [2.24, 2.45) is 0 Å². The van der Waals surface area contributed by atoms with Crippen molar-refractivity contribution in [1.29, 1.82) is 0 Å². The zero-order valence-electron chi connectivity index (χ0n) is 13.2. The Hall–Kier alpha value is -1.26. The van der Waals surface area contributed by atoms with Crippen molar-refractivity contribution in [3.63, 3.8) is 0 Å². The first kappa shape index (κ1) is 17.8. The molecule has 1 N–H and O–H groups in total. The van der Waals surface area contributed by atoms with Gasteiger partial charge in [0.15, 0.2) is 0 Å². The summed E-state index contributed by atoms with van der Waals surface area (Å²) in [6, 6.07) is 3.52. The Balaban J connectivity index is 0.00000106. The van der Waals surface area contributed by atoms with Crippen molar-refractivity contribution in [3.8, 4) is 0 Å². The van der Waals surface area contributed by atoms with Gasteiger partial charge in [-0.3, -0.25) is 0 Å². The van der Waals surface area contributed by atoms with E-state index in [0.29, 0.717) is 18.1 Å². The quantitative estimate of drug-likeness (QED) is 0.808. The Morgan fingerprint density at radius 1 is 1.43 bits per heavy atom. The number of carboxylic acid groups (broad SMARTS) is 1. The van der Waals surface area contributed by atoms with E-state index in [9.17, 15) is 9.90 Å². The average Bonchev–Trinajstić information content (AvgIpc) is 2.96. The number of hydrogen-bond acceptors (Lipinski definition) is 3. The first-order valence-electron chi connectivity index (χ1n) is 7.28. The predicted molar refractivity (Wildman–Crippen MR) is 88.3 cm³/mol.